The summed E-state index contributed by atoms with van der Waals surface area (Å²) < 4.78 is 5.09. The van der Waals surface area contributed by atoms with Crippen molar-refractivity contribution in [1.29, 1.82) is 0 Å². The summed E-state index contributed by atoms with van der Waals surface area (Å²) in [5.41, 5.74) is 8.02. The number of ether oxygens (including phenoxy) is 1. The molecule has 0 aliphatic heterocycles. The van der Waals surface area contributed by atoms with Crippen molar-refractivity contribution in [3.8, 4) is 0 Å². The predicted molar refractivity (Wildman–Crippen MR) is 73.0 cm³/mol. The zero-order valence-corrected chi connectivity index (χ0v) is 11.2. The van der Waals surface area contributed by atoms with Crippen molar-refractivity contribution in [3.63, 3.8) is 0 Å². The number of rotatable bonds is 3. The van der Waals surface area contributed by atoms with E-state index in [0.717, 1.165) is 5.56 Å². The number of fused-ring (bicyclic) bond motifs is 1. The molecule has 4 unspecified atom stereocenters. The Morgan fingerprint density at radius 2 is 2.20 bits per heavy atom. The van der Waals surface area contributed by atoms with Gasteiger partial charge in [-0.25, -0.2) is 9.97 Å². The van der Waals surface area contributed by atoms with E-state index in [1.54, 1.807) is 13.3 Å². The van der Waals surface area contributed by atoms with Crippen LogP contribution in [-0.4, -0.2) is 51.1 Å². The van der Waals surface area contributed by atoms with Gasteiger partial charge < -0.3 is 25.7 Å². The van der Waals surface area contributed by atoms with Gasteiger partial charge in [0.25, 0.3) is 0 Å². The molecule has 5 N–H and O–H groups in total. The number of aliphatic hydroxyl groups excluding tert-OH is 2. The smallest absolute Gasteiger partial charge is 0.151 e. The highest BCUT2D eigenvalue weighted by atomic mass is 16.5. The van der Waals surface area contributed by atoms with Crippen LogP contribution in [0.5, 0.6) is 0 Å². The Balaban J connectivity index is 1.97. The molecule has 0 saturated heterocycles. The monoisotopic (exact) mass is 278 g/mol. The predicted octanol–water partition coefficient (Wildman–Crippen LogP) is 0.0118. The van der Waals surface area contributed by atoms with Crippen LogP contribution in [0, 0.1) is 5.92 Å². The fourth-order valence-corrected chi connectivity index (χ4v) is 3.07. The Labute approximate surface area is 115 Å². The highest BCUT2D eigenvalue weighted by Crippen LogP contribution is 2.41. The summed E-state index contributed by atoms with van der Waals surface area (Å²) in [5.74, 6) is 0.111. The van der Waals surface area contributed by atoms with E-state index in [1.165, 1.54) is 6.33 Å². The van der Waals surface area contributed by atoms with E-state index >= 15 is 0 Å². The standard InChI is InChI=1S/C13H18N4O3/c1-20-4-6-2-7(12(19)11(6)18)8-3-15-10-9(8)16-5-17-13(10)14/h3,5-7,11-12,15,18-19H,2,4H2,1H3,(H2,14,16,17). The fraction of sp³-hybridized carbons (Fsp3) is 0.538. The second-order valence-electron chi connectivity index (χ2n) is 5.27. The summed E-state index contributed by atoms with van der Waals surface area (Å²) in [6.45, 7) is 0.425. The van der Waals surface area contributed by atoms with Crippen molar-refractivity contribution in [2.45, 2.75) is 24.5 Å². The molecular formula is C13H18N4O3. The van der Waals surface area contributed by atoms with Crippen LogP contribution in [0.4, 0.5) is 5.82 Å². The van der Waals surface area contributed by atoms with Gasteiger partial charge in [0, 0.05) is 30.7 Å². The lowest BCUT2D eigenvalue weighted by molar-refractivity contribution is -0.00368. The maximum atomic E-state index is 10.3. The van der Waals surface area contributed by atoms with Crippen LogP contribution in [0.15, 0.2) is 12.5 Å². The van der Waals surface area contributed by atoms with Crippen molar-refractivity contribution in [2.24, 2.45) is 5.92 Å². The first-order valence-electron chi connectivity index (χ1n) is 6.56. The fourth-order valence-electron chi connectivity index (χ4n) is 3.07. The average Bonchev–Trinajstić information content (AvgIpc) is 2.97. The number of H-pyrrole nitrogens is 1. The summed E-state index contributed by atoms with van der Waals surface area (Å²) >= 11 is 0. The molecule has 3 rings (SSSR count). The molecule has 4 atom stereocenters. The molecule has 7 heteroatoms. The highest BCUT2D eigenvalue weighted by Gasteiger charge is 2.43. The first-order valence-corrected chi connectivity index (χ1v) is 6.56. The van der Waals surface area contributed by atoms with Gasteiger partial charge in [0.1, 0.15) is 11.8 Å². The molecule has 7 nitrogen and oxygen atoms in total. The third-order valence-electron chi connectivity index (χ3n) is 4.10. The van der Waals surface area contributed by atoms with Crippen LogP contribution >= 0.6 is 0 Å². The van der Waals surface area contributed by atoms with Crippen LogP contribution in [0.2, 0.25) is 0 Å². The van der Waals surface area contributed by atoms with Gasteiger partial charge in [0.05, 0.1) is 24.3 Å². The van der Waals surface area contributed by atoms with Crippen LogP contribution in [0.1, 0.15) is 17.9 Å². The zero-order valence-electron chi connectivity index (χ0n) is 11.2. The topological polar surface area (TPSA) is 117 Å². The van der Waals surface area contributed by atoms with Crippen LogP contribution in [0.25, 0.3) is 11.0 Å². The molecule has 0 bridgehead atoms. The van der Waals surface area contributed by atoms with E-state index in [0.29, 0.717) is 29.9 Å². The number of methoxy groups -OCH3 is 1. The highest BCUT2D eigenvalue weighted by molar-refractivity contribution is 5.87. The van der Waals surface area contributed by atoms with Crippen molar-refractivity contribution in [2.75, 3.05) is 19.5 Å². The lowest BCUT2D eigenvalue weighted by atomic mass is 9.96. The number of aromatic amines is 1. The molecule has 0 radical (unpaired) electrons. The van der Waals surface area contributed by atoms with Gasteiger partial charge in [-0.1, -0.05) is 0 Å². The summed E-state index contributed by atoms with van der Waals surface area (Å²) in [5, 5.41) is 20.3. The minimum atomic E-state index is -0.828. The molecule has 0 aromatic carbocycles. The van der Waals surface area contributed by atoms with Crippen LogP contribution in [-0.2, 0) is 4.74 Å². The quantitative estimate of drug-likeness (QED) is 0.628. The van der Waals surface area contributed by atoms with Gasteiger partial charge in [0.15, 0.2) is 5.82 Å². The molecule has 1 aliphatic rings. The Morgan fingerprint density at radius 3 is 2.95 bits per heavy atom. The van der Waals surface area contributed by atoms with Gasteiger partial charge in [-0.2, -0.15) is 0 Å². The SMILES string of the molecule is COCC1CC(c2c[nH]c3c(N)ncnc23)C(O)C1O. The van der Waals surface area contributed by atoms with Gasteiger partial charge in [-0.3, -0.25) is 0 Å². The second kappa shape index (κ2) is 5.01. The molecule has 0 spiro atoms. The van der Waals surface area contributed by atoms with E-state index in [-0.39, 0.29) is 11.8 Å². The number of nitrogens with two attached hydrogens (primary N) is 1. The number of hydrogen-bond donors (Lipinski definition) is 4. The van der Waals surface area contributed by atoms with E-state index in [2.05, 4.69) is 15.0 Å². The largest absolute Gasteiger partial charge is 0.390 e. The van der Waals surface area contributed by atoms with Crippen LogP contribution in [0.3, 0.4) is 0 Å². The first-order chi connectivity index (χ1) is 9.63. The Morgan fingerprint density at radius 1 is 1.40 bits per heavy atom. The van der Waals surface area contributed by atoms with Crippen molar-refractivity contribution >= 4 is 16.9 Å². The molecular weight excluding hydrogens is 260 g/mol. The zero-order chi connectivity index (χ0) is 14.3. The number of anilines is 1. The lowest BCUT2D eigenvalue weighted by Crippen LogP contribution is -2.29. The molecule has 0 amide bonds. The molecule has 2 aromatic heterocycles. The summed E-state index contributed by atoms with van der Waals surface area (Å²) in [6.07, 6.45) is 2.22. The number of aromatic nitrogens is 3. The normalized spacial score (nSPS) is 30.1. The van der Waals surface area contributed by atoms with Crippen molar-refractivity contribution < 1.29 is 14.9 Å². The van der Waals surface area contributed by atoms with Gasteiger partial charge in [0.2, 0.25) is 0 Å². The van der Waals surface area contributed by atoms with Gasteiger partial charge in [-0.15, -0.1) is 0 Å². The number of nitrogens with one attached hydrogen (secondary N) is 1. The van der Waals surface area contributed by atoms with E-state index < -0.39 is 12.2 Å². The minimum Gasteiger partial charge on any atom is -0.390 e. The first kappa shape index (κ1) is 13.3. The maximum absolute atomic E-state index is 10.3. The Kier molecular flexibility index (Phi) is 3.33. The molecule has 1 aliphatic carbocycles. The Bertz CT molecular complexity index is 615. The van der Waals surface area contributed by atoms with Crippen LogP contribution < -0.4 is 5.73 Å². The second-order valence-corrected chi connectivity index (χ2v) is 5.27. The number of nitrogens with zero attached hydrogens (tertiary/aromatic N) is 2. The molecule has 2 aromatic rings. The van der Waals surface area contributed by atoms with E-state index in [9.17, 15) is 10.2 Å². The average molecular weight is 278 g/mol. The van der Waals surface area contributed by atoms with E-state index in [4.69, 9.17) is 10.5 Å². The lowest BCUT2D eigenvalue weighted by Gasteiger charge is -2.16. The molecule has 108 valence electrons. The summed E-state index contributed by atoms with van der Waals surface area (Å²) in [7, 11) is 1.59. The molecule has 20 heavy (non-hydrogen) atoms. The molecule has 1 saturated carbocycles. The Hall–Kier alpha value is -1.70. The summed E-state index contributed by atoms with van der Waals surface area (Å²) in [6, 6.07) is 0. The third-order valence-corrected chi connectivity index (χ3v) is 4.10. The molecule has 1 fully saturated rings. The number of aliphatic hydroxyl groups is 2. The summed E-state index contributed by atoms with van der Waals surface area (Å²) in [4.78, 5) is 11.2. The van der Waals surface area contributed by atoms with Crippen molar-refractivity contribution in [1.82, 2.24) is 15.0 Å². The third kappa shape index (κ3) is 1.94. The molecule has 2 heterocycles. The number of hydrogen-bond acceptors (Lipinski definition) is 6. The van der Waals surface area contributed by atoms with Gasteiger partial charge >= 0.3 is 0 Å². The van der Waals surface area contributed by atoms with E-state index in [1.807, 2.05) is 0 Å². The minimum absolute atomic E-state index is 0.0795. The van der Waals surface area contributed by atoms with Crippen molar-refractivity contribution in [3.05, 3.63) is 18.1 Å². The maximum Gasteiger partial charge on any atom is 0.151 e. The number of nitrogen functional groups attached to an aromatic ring is 1. The van der Waals surface area contributed by atoms with Gasteiger partial charge in [-0.05, 0) is 6.42 Å².